The molecular formula is C56H54Cl2P4Pd-2. The Bertz CT molecular complexity index is 1850. The van der Waals surface area contributed by atoms with Crippen LogP contribution in [-0.4, -0.2) is 12.3 Å². The fraction of sp³-hybridized carbons (Fsp3) is 0.107. The zero-order valence-electron chi connectivity index (χ0n) is 35.4. The molecule has 0 spiro atoms. The van der Waals surface area contributed by atoms with Crippen molar-refractivity contribution in [2.75, 3.05) is 12.3 Å². The summed E-state index contributed by atoms with van der Waals surface area (Å²) in [5, 5.41) is 11.7. The van der Waals surface area contributed by atoms with Gasteiger partial charge in [0.15, 0.2) is 0 Å². The molecule has 0 aliphatic rings. The van der Waals surface area contributed by atoms with E-state index in [-0.39, 0.29) is 31.8 Å². The summed E-state index contributed by atoms with van der Waals surface area (Å²) < 4.78 is 0. The Morgan fingerprint density at radius 2 is 0.460 bits per heavy atom. The van der Waals surface area contributed by atoms with Gasteiger partial charge in [-0.2, -0.15) is 12.8 Å². The molecule has 8 aromatic rings. The average molecular weight is 1030 g/mol. The van der Waals surface area contributed by atoms with Crippen LogP contribution in [0.4, 0.5) is 0 Å². The molecule has 8 aromatic carbocycles. The SMILES string of the molecule is [Cl][Pd][Cl].c1ccc(P([CH-]CCCP(c2ccccc2)c2ccccc2)c2ccccc2)cc1.c1ccc(P([CH-]CCCP(c2ccccc2)c2ccccc2)c2ccccc2)cc1. The minimum atomic E-state index is -0.408. The van der Waals surface area contributed by atoms with E-state index >= 15 is 0 Å². The summed E-state index contributed by atoms with van der Waals surface area (Å²) in [5.41, 5.74) is 0. The molecular weight excluding hydrogens is 974 g/mol. The van der Waals surface area contributed by atoms with E-state index in [0.29, 0.717) is 0 Å². The summed E-state index contributed by atoms with van der Waals surface area (Å²) in [6, 6.07) is 88.1. The maximum absolute atomic E-state index is 4.81. The molecule has 0 bridgehead atoms. The summed E-state index contributed by atoms with van der Waals surface area (Å²) >= 11 is -0.106. The van der Waals surface area contributed by atoms with Crippen LogP contribution in [0.15, 0.2) is 243 Å². The third-order valence-corrected chi connectivity index (χ3v) is 20.1. The molecule has 0 unspecified atom stereocenters. The van der Waals surface area contributed by atoms with E-state index in [1.807, 2.05) is 0 Å². The molecule has 0 saturated heterocycles. The molecule has 0 heterocycles. The van der Waals surface area contributed by atoms with Gasteiger partial charge in [0, 0.05) is 0 Å². The fourth-order valence-electron chi connectivity index (χ4n) is 7.26. The Hall–Kier alpha value is -3.28. The van der Waals surface area contributed by atoms with Crippen LogP contribution in [0, 0.1) is 12.3 Å². The van der Waals surface area contributed by atoms with Crippen molar-refractivity contribution in [3.05, 3.63) is 255 Å². The van der Waals surface area contributed by atoms with Crippen molar-refractivity contribution in [3.63, 3.8) is 0 Å². The second-order valence-corrected chi connectivity index (χ2v) is 25.7. The molecule has 8 rings (SSSR count). The predicted octanol–water partition coefficient (Wildman–Crippen LogP) is 13.8. The third kappa shape index (κ3) is 16.6. The molecule has 0 saturated carbocycles. The maximum atomic E-state index is 4.81. The quantitative estimate of drug-likeness (QED) is 0.0348. The first-order valence-corrected chi connectivity index (χ1v) is 31.2. The van der Waals surface area contributed by atoms with Gasteiger partial charge in [-0.05, 0) is 49.4 Å². The Morgan fingerprint density at radius 1 is 0.286 bits per heavy atom. The van der Waals surface area contributed by atoms with Crippen LogP contribution in [0.2, 0.25) is 0 Å². The topological polar surface area (TPSA) is 0 Å². The summed E-state index contributed by atoms with van der Waals surface area (Å²) in [7, 11) is 8.21. The van der Waals surface area contributed by atoms with Gasteiger partial charge in [-0.15, -0.1) is 0 Å². The van der Waals surface area contributed by atoms with Gasteiger partial charge in [0.2, 0.25) is 0 Å². The van der Waals surface area contributed by atoms with Gasteiger partial charge in [0.25, 0.3) is 0 Å². The van der Waals surface area contributed by atoms with E-state index in [1.54, 1.807) is 0 Å². The minimum absolute atomic E-state index is 0.106. The van der Waals surface area contributed by atoms with E-state index in [9.17, 15) is 0 Å². The number of rotatable bonds is 18. The molecule has 0 amide bonds. The molecule has 0 aromatic heterocycles. The van der Waals surface area contributed by atoms with Gasteiger partial charge in [-0.1, -0.05) is 277 Å². The molecule has 63 heavy (non-hydrogen) atoms. The first kappa shape index (κ1) is 49.2. The van der Waals surface area contributed by atoms with Crippen molar-refractivity contribution in [2.24, 2.45) is 0 Å². The van der Waals surface area contributed by atoms with Crippen molar-refractivity contribution in [3.8, 4) is 0 Å². The monoisotopic (exact) mass is 1030 g/mol. The van der Waals surface area contributed by atoms with Crippen LogP contribution < -0.4 is 42.4 Å². The number of unbranched alkanes of at least 4 members (excludes halogenated alkanes) is 2. The van der Waals surface area contributed by atoms with Crippen LogP contribution in [0.5, 0.6) is 0 Å². The molecule has 0 radical (unpaired) electrons. The number of halogens is 2. The summed E-state index contributed by atoms with van der Waals surface area (Å²) in [6.45, 7) is 0. The van der Waals surface area contributed by atoms with Crippen LogP contribution in [0.25, 0.3) is 0 Å². The largest absolute Gasteiger partial charge is 0.294 e. The molecule has 0 nitrogen and oxygen atoms in total. The van der Waals surface area contributed by atoms with Gasteiger partial charge in [0.05, 0.1) is 0 Å². The first-order chi connectivity index (χ1) is 31.2. The number of benzene rings is 8. The van der Waals surface area contributed by atoms with Gasteiger partial charge >= 0.3 is 35.0 Å². The van der Waals surface area contributed by atoms with Crippen molar-refractivity contribution < 1.29 is 15.9 Å². The van der Waals surface area contributed by atoms with Crippen LogP contribution in [0.1, 0.15) is 25.7 Å². The van der Waals surface area contributed by atoms with Gasteiger partial charge in [-0.3, -0.25) is 12.3 Å². The van der Waals surface area contributed by atoms with Crippen molar-refractivity contribution >= 4 is 93.2 Å². The summed E-state index contributed by atoms with van der Waals surface area (Å²) in [5.74, 6) is 0. The molecule has 0 N–H and O–H groups in total. The zero-order valence-corrected chi connectivity index (χ0v) is 42.0. The van der Waals surface area contributed by atoms with E-state index in [0.717, 1.165) is 12.8 Å². The normalized spacial score (nSPS) is 11.0. The Labute approximate surface area is 399 Å². The van der Waals surface area contributed by atoms with Crippen molar-refractivity contribution in [1.82, 2.24) is 0 Å². The predicted molar refractivity (Wildman–Crippen MR) is 285 cm³/mol. The second kappa shape index (κ2) is 29.3. The summed E-state index contributed by atoms with van der Waals surface area (Å²) in [4.78, 5) is 0. The van der Waals surface area contributed by atoms with Gasteiger partial charge in [0.1, 0.15) is 0 Å². The third-order valence-electron chi connectivity index (χ3n) is 10.2. The van der Waals surface area contributed by atoms with Crippen LogP contribution in [0.3, 0.4) is 0 Å². The molecule has 324 valence electrons. The number of hydrogen-bond donors (Lipinski definition) is 0. The van der Waals surface area contributed by atoms with Gasteiger partial charge < -0.3 is 0 Å². The molecule has 0 atom stereocenters. The van der Waals surface area contributed by atoms with E-state index < -0.39 is 15.8 Å². The van der Waals surface area contributed by atoms with Crippen LogP contribution >= 0.6 is 50.7 Å². The maximum Gasteiger partial charge on any atom is -0.0195 e. The first-order valence-electron chi connectivity index (χ1n) is 21.3. The van der Waals surface area contributed by atoms with Crippen LogP contribution in [-0.2, 0) is 15.9 Å². The number of hydrogen-bond acceptors (Lipinski definition) is 0. The molecule has 0 fully saturated rings. The Morgan fingerprint density at radius 3 is 0.651 bits per heavy atom. The second-order valence-electron chi connectivity index (χ2n) is 14.4. The van der Waals surface area contributed by atoms with Crippen molar-refractivity contribution in [1.29, 1.82) is 0 Å². The minimum Gasteiger partial charge on any atom is -0.294 e. The Kier molecular flexibility index (Phi) is 22.9. The van der Waals surface area contributed by atoms with Gasteiger partial charge in [-0.25, -0.2) is 15.8 Å². The van der Waals surface area contributed by atoms with E-state index in [4.69, 9.17) is 19.1 Å². The average Bonchev–Trinajstić information content (AvgIpc) is 3.36. The standard InChI is InChI=1S/2C28H27P2.2ClH.Pd/c2*1-5-15-25(16-6-1)29(26-17-7-2-8-18-26)23-13-14-24-30(27-19-9-3-10-20-27)28-21-11-4-12-22-28;;;/h2*1-12,15-23H,13-14,24H2;2*1H;/q2*-1;;;+2/p-2. The van der Waals surface area contributed by atoms with E-state index in [2.05, 4.69) is 255 Å². The van der Waals surface area contributed by atoms with Crippen molar-refractivity contribution in [2.45, 2.75) is 25.7 Å². The smallest absolute Gasteiger partial charge is 0.0195 e. The molecule has 0 aliphatic heterocycles. The fourth-order valence-corrected chi connectivity index (χ4v) is 16.3. The zero-order chi connectivity index (χ0) is 43.6. The summed E-state index contributed by atoms with van der Waals surface area (Å²) in [6.07, 6.45) is 12.3. The molecule has 7 heteroatoms. The van der Waals surface area contributed by atoms with E-state index in [1.165, 1.54) is 67.6 Å². The Balaban J connectivity index is 0.000000198. The molecule has 0 aliphatic carbocycles.